The van der Waals surface area contributed by atoms with Crippen LogP contribution in [0.1, 0.15) is 26.7 Å². The Kier molecular flexibility index (Phi) is 3.66. The molecule has 0 aromatic rings. The molecule has 1 aliphatic carbocycles. The predicted molar refractivity (Wildman–Crippen MR) is 58.1 cm³/mol. The lowest BCUT2D eigenvalue weighted by atomic mass is 9.79. The maximum atomic E-state index is 11.8. The number of hydrogen-bond acceptors (Lipinski definition) is 5. The third kappa shape index (κ3) is 2.60. The van der Waals surface area contributed by atoms with Crippen molar-refractivity contribution < 1.29 is 23.8 Å². The second-order valence-corrected chi connectivity index (χ2v) is 4.40. The molecule has 0 bridgehead atoms. The zero-order valence-electron chi connectivity index (χ0n) is 10.2. The fourth-order valence-corrected chi connectivity index (χ4v) is 2.44. The van der Waals surface area contributed by atoms with E-state index >= 15 is 0 Å². The van der Waals surface area contributed by atoms with Gasteiger partial charge in [-0.2, -0.15) is 0 Å². The van der Waals surface area contributed by atoms with E-state index in [9.17, 15) is 9.59 Å². The lowest BCUT2D eigenvalue weighted by molar-refractivity contribution is -0.161. The molecule has 0 amide bonds. The van der Waals surface area contributed by atoms with E-state index in [4.69, 9.17) is 14.2 Å². The number of hydrogen-bond donors (Lipinski definition) is 0. The Morgan fingerprint density at radius 3 is 1.76 bits per heavy atom. The minimum Gasteiger partial charge on any atom is -0.466 e. The summed E-state index contributed by atoms with van der Waals surface area (Å²) in [6.07, 6.45) is 1.42. The molecule has 1 aliphatic heterocycles. The van der Waals surface area contributed by atoms with Crippen molar-refractivity contribution in [3.05, 3.63) is 0 Å². The summed E-state index contributed by atoms with van der Waals surface area (Å²) < 4.78 is 15.4. The zero-order chi connectivity index (χ0) is 12.4. The molecular formula is C12H18O5. The topological polar surface area (TPSA) is 65.1 Å². The van der Waals surface area contributed by atoms with E-state index in [2.05, 4.69) is 0 Å². The fourth-order valence-electron chi connectivity index (χ4n) is 2.44. The van der Waals surface area contributed by atoms with Crippen LogP contribution in [0.25, 0.3) is 0 Å². The van der Waals surface area contributed by atoms with Gasteiger partial charge in [0.1, 0.15) is 0 Å². The van der Waals surface area contributed by atoms with Gasteiger partial charge in [0.25, 0.3) is 0 Å². The van der Waals surface area contributed by atoms with Crippen molar-refractivity contribution in [3.63, 3.8) is 0 Å². The van der Waals surface area contributed by atoms with Crippen molar-refractivity contribution in [2.24, 2.45) is 11.8 Å². The van der Waals surface area contributed by atoms with Crippen LogP contribution in [0.4, 0.5) is 0 Å². The van der Waals surface area contributed by atoms with E-state index < -0.39 is 11.8 Å². The highest BCUT2D eigenvalue weighted by molar-refractivity contribution is 5.82. The van der Waals surface area contributed by atoms with Gasteiger partial charge < -0.3 is 14.2 Å². The normalized spacial score (nSPS) is 34.7. The van der Waals surface area contributed by atoms with Crippen molar-refractivity contribution in [3.8, 4) is 0 Å². The molecule has 96 valence electrons. The van der Waals surface area contributed by atoms with E-state index in [1.807, 2.05) is 0 Å². The van der Waals surface area contributed by atoms with Crippen LogP contribution in [-0.2, 0) is 23.8 Å². The molecule has 17 heavy (non-hydrogen) atoms. The molecule has 0 spiro atoms. The van der Waals surface area contributed by atoms with E-state index in [0.717, 1.165) is 0 Å². The maximum Gasteiger partial charge on any atom is 0.309 e. The summed E-state index contributed by atoms with van der Waals surface area (Å²) in [5, 5.41) is 0. The van der Waals surface area contributed by atoms with Gasteiger partial charge in [-0.15, -0.1) is 0 Å². The monoisotopic (exact) mass is 242 g/mol. The summed E-state index contributed by atoms with van der Waals surface area (Å²) >= 11 is 0. The van der Waals surface area contributed by atoms with Gasteiger partial charge in [-0.1, -0.05) is 0 Å². The molecule has 1 saturated carbocycles. The summed E-state index contributed by atoms with van der Waals surface area (Å²) in [5.74, 6) is -1.42. The Morgan fingerprint density at radius 2 is 1.41 bits per heavy atom. The Bertz CT molecular complexity index is 284. The van der Waals surface area contributed by atoms with Gasteiger partial charge in [0.05, 0.1) is 37.3 Å². The highest BCUT2D eigenvalue weighted by Crippen LogP contribution is 2.43. The lowest BCUT2D eigenvalue weighted by Crippen LogP contribution is -2.37. The molecule has 2 rings (SSSR count). The molecule has 0 aromatic heterocycles. The number of carbonyl (C=O) groups excluding carboxylic acids is 2. The first-order valence-corrected chi connectivity index (χ1v) is 6.16. The maximum absolute atomic E-state index is 11.8. The smallest absolute Gasteiger partial charge is 0.309 e. The molecule has 0 radical (unpaired) electrons. The lowest BCUT2D eigenvalue weighted by Gasteiger charge is -2.25. The van der Waals surface area contributed by atoms with Gasteiger partial charge in [0, 0.05) is 0 Å². The molecule has 5 nitrogen and oxygen atoms in total. The quantitative estimate of drug-likeness (QED) is 0.541. The van der Waals surface area contributed by atoms with Crippen LogP contribution in [0.3, 0.4) is 0 Å². The Balaban J connectivity index is 2.03. The Labute approximate surface area is 100 Å². The van der Waals surface area contributed by atoms with E-state index in [-0.39, 0.29) is 24.1 Å². The summed E-state index contributed by atoms with van der Waals surface area (Å²) in [7, 11) is 0. The van der Waals surface area contributed by atoms with E-state index in [1.165, 1.54) is 0 Å². The van der Waals surface area contributed by atoms with Gasteiger partial charge in [-0.25, -0.2) is 0 Å². The highest BCUT2D eigenvalue weighted by Gasteiger charge is 2.53. The van der Waals surface area contributed by atoms with Crippen molar-refractivity contribution in [1.29, 1.82) is 0 Å². The van der Waals surface area contributed by atoms with Crippen molar-refractivity contribution >= 4 is 11.9 Å². The van der Waals surface area contributed by atoms with Crippen LogP contribution in [-0.4, -0.2) is 37.4 Å². The van der Waals surface area contributed by atoms with Gasteiger partial charge in [-0.05, 0) is 26.7 Å². The number of ether oxygens (including phenoxy) is 3. The van der Waals surface area contributed by atoms with Crippen LogP contribution >= 0.6 is 0 Å². The summed E-state index contributed by atoms with van der Waals surface area (Å²) in [5.41, 5.74) is 0. The van der Waals surface area contributed by atoms with Gasteiger partial charge in [0.2, 0.25) is 0 Å². The zero-order valence-corrected chi connectivity index (χ0v) is 10.2. The molecule has 1 heterocycles. The first kappa shape index (κ1) is 12.4. The SMILES string of the molecule is CCOC(=O)[C@@H]1CC2OC2C[C@H]1C(=O)OCC. The fraction of sp³-hybridized carbons (Fsp3) is 0.833. The minimum atomic E-state index is -0.405. The Hall–Kier alpha value is -1.10. The average Bonchev–Trinajstić information content (AvgIpc) is 3.06. The number of fused-ring (bicyclic) bond motifs is 1. The van der Waals surface area contributed by atoms with Crippen LogP contribution in [0.15, 0.2) is 0 Å². The highest BCUT2D eigenvalue weighted by atomic mass is 16.6. The molecule has 0 N–H and O–H groups in total. The van der Waals surface area contributed by atoms with Gasteiger partial charge >= 0.3 is 11.9 Å². The Morgan fingerprint density at radius 1 is 1.00 bits per heavy atom. The van der Waals surface area contributed by atoms with E-state index in [1.54, 1.807) is 13.8 Å². The van der Waals surface area contributed by atoms with Crippen molar-refractivity contribution in [1.82, 2.24) is 0 Å². The third-order valence-electron chi connectivity index (χ3n) is 3.32. The molecule has 2 fully saturated rings. The first-order valence-electron chi connectivity index (χ1n) is 6.16. The van der Waals surface area contributed by atoms with Crippen LogP contribution < -0.4 is 0 Å². The molecule has 0 aromatic carbocycles. The molecule has 2 aliphatic rings. The summed E-state index contributed by atoms with van der Waals surface area (Å²) in [4.78, 5) is 23.6. The van der Waals surface area contributed by atoms with Gasteiger partial charge in [0.15, 0.2) is 0 Å². The minimum absolute atomic E-state index is 0.134. The second-order valence-electron chi connectivity index (χ2n) is 4.40. The first-order chi connectivity index (χ1) is 8.17. The van der Waals surface area contributed by atoms with Crippen LogP contribution in [0.5, 0.6) is 0 Å². The predicted octanol–water partition coefficient (Wildman–Crippen LogP) is 0.906. The summed E-state index contributed by atoms with van der Waals surface area (Å²) in [6, 6.07) is 0. The van der Waals surface area contributed by atoms with Crippen molar-refractivity contribution in [2.45, 2.75) is 38.9 Å². The number of esters is 2. The molecule has 1 saturated heterocycles. The standard InChI is InChI=1S/C12H18O5/c1-3-15-11(13)7-5-9-10(17-9)6-8(7)12(14)16-4-2/h7-10H,3-6H2,1-2H3/t7-,8-,9?,10?/m1/s1. The number of rotatable bonds is 4. The molecule has 2 unspecified atom stereocenters. The average molecular weight is 242 g/mol. The molecular weight excluding hydrogens is 224 g/mol. The summed E-state index contributed by atoms with van der Waals surface area (Å²) in [6.45, 7) is 4.19. The van der Waals surface area contributed by atoms with E-state index in [0.29, 0.717) is 26.1 Å². The van der Waals surface area contributed by atoms with Crippen LogP contribution in [0.2, 0.25) is 0 Å². The van der Waals surface area contributed by atoms with Crippen molar-refractivity contribution in [2.75, 3.05) is 13.2 Å². The molecule has 4 atom stereocenters. The second kappa shape index (κ2) is 5.04. The van der Waals surface area contributed by atoms with Gasteiger partial charge in [-0.3, -0.25) is 9.59 Å². The number of epoxide rings is 1. The number of carbonyl (C=O) groups is 2. The van der Waals surface area contributed by atoms with Crippen LogP contribution in [0, 0.1) is 11.8 Å². The largest absolute Gasteiger partial charge is 0.466 e. The molecule has 5 heteroatoms. The third-order valence-corrected chi connectivity index (χ3v) is 3.32.